The number of hydrogen-bond acceptors (Lipinski definition) is 10. The van der Waals surface area contributed by atoms with Crippen LogP contribution in [0.5, 0.6) is 23.1 Å². The smallest absolute Gasteiger partial charge is 0.262 e. The Bertz CT molecular complexity index is 1910. The third kappa shape index (κ3) is 10.9. The molecule has 55 heavy (non-hydrogen) atoms. The molecular formula is C42H54FN7O5. The van der Waals surface area contributed by atoms with Crippen molar-refractivity contribution >= 4 is 29.1 Å². The minimum atomic E-state index is -0.528. The van der Waals surface area contributed by atoms with Crippen LogP contribution >= 0.6 is 0 Å². The maximum Gasteiger partial charge on any atom is 0.262 e. The zero-order valence-corrected chi connectivity index (χ0v) is 33.1. The van der Waals surface area contributed by atoms with Gasteiger partial charge in [0.25, 0.3) is 5.91 Å². The standard InChI is InChI=1S/C42H54FN7O5/c1-8-49(9-2)38(51)18-14-31-13-16-36(37(25-31)53-7)55-41-33(40(52)46-39-29(5)11-10-12-30(39)6)27-44-42(47-41)45-32-15-17-35(34(43)26-32)54-24-23-48-19-21-50(22-20-48)28(3)4/h10-13,15-17,25-28H,8-9,14,18-24H2,1-7H3,(H,46,52)(H,44,45,47). The molecule has 2 N–H and O–H groups in total. The van der Waals surface area contributed by atoms with Gasteiger partial charge in [-0.2, -0.15) is 4.98 Å². The summed E-state index contributed by atoms with van der Waals surface area (Å²) in [5.41, 5.74) is 3.81. The van der Waals surface area contributed by atoms with Crippen LogP contribution < -0.4 is 24.8 Å². The molecule has 1 aliphatic rings. The van der Waals surface area contributed by atoms with Crippen molar-refractivity contribution in [1.29, 1.82) is 0 Å². The van der Waals surface area contributed by atoms with Crippen LogP contribution in [0.3, 0.4) is 0 Å². The summed E-state index contributed by atoms with van der Waals surface area (Å²) in [6.45, 7) is 18.5. The summed E-state index contributed by atoms with van der Waals surface area (Å²) in [7, 11) is 1.52. The Kier molecular flexibility index (Phi) is 14.4. The Morgan fingerprint density at radius 3 is 2.31 bits per heavy atom. The van der Waals surface area contributed by atoms with Gasteiger partial charge in [-0.25, -0.2) is 9.37 Å². The number of halogens is 1. The quantitative estimate of drug-likeness (QED) is 0.114. The number of nitrogens with zero attached hydrogens (tertiary/aromatic N) is 5. The molecule has 1 fully saturated rings. The molecule has 0 bridgehead atoms. The van der Waals surface area contributed by atoms with Crippen LogP contribution in [-0.2, 0) is 11.2 Å². The van der Waals surface area contributed by atoms with Crippen LogP contribution in [0.4, 0.5) is 21.7 Å². The number of carbonyl (C=O) groups is 2. The lowest BCUT2D eigenvalue weighted by molar-refractivity contribution is -0.130. The van der Waals surface area contributed by atoms with Crippen molar-refractivity contribution in [2.45, 2.75) is 60.4 Å². The number of methoxy groups -OCH3 is 1. The van der Waals surface area contributed by atoms with Crippen molar-refractivity contribution in [2.75, 3.05) is 70.2 Å². The molecule has 0 spiro atoms. The topological polar surface area (TPSA) is 121 Å². The van der Waals surface area contributed by atoms with Crippen LogP contribution in [0.15, 0.2) is 60.8 Å². The summed E-state index contributed by atoms with van der Waals surface area (Å²) in [5.74, 6) is -0.0190. The van der Waals surface area contributed by atoms with Gasteiger partial charge in [-0.15, -0.1) is 0 Å². The average Bonchev–Trinajstić information content (AvgIpc) is 3.17. The summed E-state index contributed by atoms with van der Waals surface area (Å²) in [5, 5.41) is 6.00. The molecule has 0 radical (unpaired) electrons. The number of anilines is 3. The van der Waals surface area contributed by atoms with Crippen LogP contribution in [0, 0.1) is 19.7 Å². The molecule has 0 saturated carbocycles. The third-order valence-electron chi connectivity index (χ3n) is 9.89. The van der Waals surface area contributed by atoms with Crippen molar-refractivity contribution in [3.05, 3.63) is 88.9 Å². The number of amides is 2. The van der Waals surface area contributed by atoms with E-state index in [0.717, 1.165) is 49.4 Å². The Morgan fingerprint density at radius 2 is 1.65 bits per heavy atom. The molecular weight excluding hydrogens is 702 g/mol. The van der Waals surface area contributed by atoms with Crippen molar-refractivity contribution in [1.82, 2.24) is 24.7 Å². The maximum atomic E-state index is 15.2. The van der Waals surface area contributed by atoms with Gasteiger partial charge in [0.1, 0.15) is 12.2 Å². The fraction of sp³-hybridized carbons (Fsp3) is 0.429. The molecule has 1 aromatic heterocycles. The zero-order chi connectivity index (χ0) is 39.5. The fourth-order valence-electron chi connectivity index (χ4n) is 6.51. The molecule has 5 rings (SSSR count). The number of carbonyl (C=O) groups excluding carboxylic acids is 2. The summed E-state index contributed by atoms with van der Waals surface area (Å²) in [4.78, 5) is 41.9. The van der Waals surface area contributed by atoms with E-state index in [0.29, 0.717) is 61.5 Å². The van der Waals surface area contributed by atoms with Gasteiger partial charge in [0.2, 0.25) is 17.7 Å². The van der Waals surface area contributed by atoms with Gasteiger partial charge in [0.05, 0.1) is 7.11 Å². The van der Waals surface area contributed by atoms with Gasteiger partial charge in [0.15, 0.2) is 23.1 Å². The summed E-state index contributed by atoms with van der Waals surface area (Å²) in [6.07, 6.45) is 2.24. The average molecular weight is 756 g/mol. The van der Waals surface area contributed by atoms with E-state index in [1.54, 1.807) is 29.2 Å². The van der Waals surface area contributed by atoms with Gasteiger partial charge in [-0.05, 0) is 88.9 Å². The van der Waals surface area contributed by atoms with Crippen LogP contribution in [0.2, 0.25) is 0 Å². The van der Waals surface area contributed by atoms with Crippen molar-refractivity contribution in [3.8, 4) is 23.1 Å². The summed E-state index contributed by atoms with van der Waals surface area (Å²) >= 11 is 0. The van der Waals surface area contributed by atoms with E-state index >= 15 is 4.39 Å². The fourth-order valence-corrected chi connectivity index (χ4v) is 6.51. The molecule has 4 aromatic rings. The van der Waals surface area contributed by atoms with E-state index in [4.69, 9.17) is 14.2 Å². The van der Waals surface area contributed by atoms with Gasteiger partial charge >= 0.3 is 0 Å². The van der Waals surface area contributed by atoms with E-state index in [2.05, 4.69) is 44.2 Å². The number of aryl methyl sites for hydroxylation is 3. The van der Waals surface area contributed by atoms with Crippen molar-refractivity contribution in [3.63, 3.8) is 0 Å². The molecule has 0 unspecified atom stereocenters. The number of piperazine rings is 1. The highest BCUT2D eigenvalue weighted by Crippen LogP contribution is 2.35. The molecule has 13 heteroatoms. The van der Waals surface area contributed by atoms with E-state index in [-0.39, 0.29) is 29.0 Å². The summed E-state index contributed by atoms with van der Waals surface area (Å²) in [6, 6.07) is 16.2. The lowest BCUT2D eigenvalue weighted by Gasteiger charge is -2.36. The highest BCUT2D eigenvalue weighted by molar-refractivity contribution is 6.06. The molecule has 1 aliphatic heterocycles. The van der Waals surface area contributed by atoms with E-state index < -0.39 is 11.7 Å². The zero-order valence-electron chi connectivity index (χ0n) is 33.1. The molecule has 2 amide bonds. The molecule has 3 aromatic carbocycles. The third-order valence-corrected chi connectivity index (χ3v) is 9.89. The Balaban J connectivity index is 1.33. The molecule has 12 nitrogen and oxygen atoms in total. The SMILES string of the molecule is CCN(CC)C(=O)CCc1ccc(Oc2nc(Nc3ccc(OCCN4CCN(C(C)C)CC4)c(F)c3)ncc2C(=O)Nc2c(C)cccc2C)c(OC)c1. The van der Waals surface area contributed by atoms with Gasteiger partial charge in [0, 0.05) is 81.9 Å². The van der Waals surface area contributed by atoms with E-state index in [1.165, 1.54) is 19.4 Å². The van der Waals surface area contributed by atoms with Crippen molar-refractivity contribution in [2.24, 2.45) is 0 Å². The Morgan fingerprint density at radius 1 is 0.945 bits per heavy atom. The number of nitrogens with one attached hydrogen (secondary N) is 2. The molecule has 2 heterocycles. The molecule has 0 atom stereocenters. The second-order valence-electron chi connectivity index (χ2n) is 13.9. The van der Waals surface area contributed by atoms with Gasteiger partial charge < -0.3 is 29.7 Å². The first-order chi connectivity index (χ1) is 26.5. The maximum absolute atomic E-state index is 15.2. The number of rotatable bonds is 17. The minimum absolute atomic E-state index is 0.0429. The molecule has 1 saturated heterocycles. The molecule has 0 aliphatic carbocycles. The van der Waals surface area contributed by atoms with Gasteiger partial charge in [-0.1, -0.05) is 24.3 Å². The van der Waals surface area contributed by atoms with Crippen LogP contribution in [0.25, 0.3) is 0 Å². The number of ether oxygens (including phenoxy) is 3. The second kappa shape index (κ2) is 19.4. The van der Waals surface area contributed by atoms with Crippen molar-refractivity contribution < 1.29 is 28.2 Å². The lowest BCUT2D eigenvalue weighted by Crippen LogP contribution is -2.49. The lowest BCUT2D eigenvalue weighted by atomic mass is 10.1. The molecule has 294 valence electrons. The normalized spacial score (nSPS) is 13.4. The first kappa shape index (κ1) is 40.9. The van der Waals surface area contributed by atoms with Gasteiger partial charge in [-0.3, -0.25) is 19.4 Å². The second-order valence-corrected chi connectivity index (χ2v) is 13.9. The summed E-state index contributed by atoms with van der Waals surface area (Å²) < 4.78 is 33.0. The van der Waals surface area contributed by atoms with Crippen LogP contribution in [-0.4, -0.2) is 102 Å². The van der Waals surface area contributed by atoms with E-state index in [9.17, 15) is 9.59 Å². The Hall–Kier alpha value is -5.27. The predicted octanol–water partition coefficient (Wildman–Crippen LogP) is 7.24. The number of benzene rings is 3. The first-order valence-corrected chi connectivity index (χ1v) is 19.0. The largest absolute Gasteiger partial charge is 0.493 e. The number of para-hydroxylation sites is 1. The number of hydrogen-bond donors (Lipinski definition) is 2. The predicted molar refractivity (Wildman–Crippen MR) is 214 cm³/mol. The monoisotopic (exact) mass is 755 g/mol. The first-order valence-electron chi connectivity index (χ1n) is 19.0. The number of aromatic nitrogens is 2. The Labute approximate surface area is 324 Å². The van der Waals surface area contributed by atoms with E-state index in [1.807, 2.05) is 52.0 Å². The highest BCUT2D eigenvalue weighted by atomic mass is 19.1. The van der Waals surface area contributed by atoms with Crippen LogP contribution in [0.1, 0.15) is 61.2 Å². The minimum Gasteiger partial charge on any atom is -0.493 e. The highest BCUT2D eigenvalue weighted by Gasteiger charge is 2.22.